The van der Waals surface area contributed by atoms with E-state index in [9.17, 15) is 31.9 Å². The van der Waals surface area contributed by atoms with Crippen LogP contribution < -0.4 is 0 Å². The predicted molar refractivity (Wildman–Crippen MR) is 84.3 cm³/mol. The van der Waals surface area contributed by atoms with Gasteiger partial charge in [0.05, 0.1) is 5.69 Å². The maximum atomic E-state index is 14.2. The first-order chi connectivity index (χ1) is 13.2. The van der Waals surface area contributed by atoms with E-state index in [0.717, 1.165) is 30.3 Å². The van der Waals surface area contributed by atoms with Gasteiger partial charge in [-0.2, -0.15) is 15.0 Å². The number of aromatic nitrogens is 2. The van der Waals surface area contributed by atoms with Gasteiger partial charge in [-0.3, -0.25) is 4.79 Å². The zero-order valence-corrected chi connectivity index (χ0v) is 15.1. The Morgan fingerprint density at radius 2 is 1.55 bits per heavy atom. The molecule has 3 aromatic rings. The number of rotatable bonds is 3. The number of benzene rings is 2. The van der Waals surface area contributed by atoms with Crippen molar-refractivity contribution < 1.29 is 48.9 Å². The van der Waals surface area contributed by atoms with Crippen molar-refractivity contribution in [2.75, 3.05) is 0 Å². The third-order valence-corrected chi connectivity index (χ3v) is 3.93. The largest absolute Gasteiger partial charge is 0.493 e. The van der Waals surface area contributed by atoms with Crippen LogP contribution in [-0.4, -0.2) is 20.7 Å². The molecule has 0 fully saturated rings. The molecule has 0 aliphatic carbocycles. The van der Waals surface area contributed by atoms with Gasteiger partial charge in [0.2, 0.25) is 5.88 Å². The van der Waals surface area contributed by atoms with Crippen LogP contribution in [0.4, 0.5) is 22.0 Å². The summed E-state index contributed by atoms with van der Waals surface area (Å²) in [6.07, 6.45) is 0. The number of hydrogen-bond donors (Lipinski definition) is 1. The summed E-state index contributed by atoms with van der Waals surface area (Å²) in [4.78, 5) is 12.5. The molecule has 3 rings (SSSR count). The second-order valence-corrected chi connectivity index (χ2v) is 5.62. The summed E-state index contributed by atoms with van der Waals surface area (Å²) in [7, 11) is 0. The topological polar surface area (TPSA) is 78.9 Å². The molecule has 1 N–H and O–H groups in total. The van der Waals surface area contributed by atoms with Gasteiger partial charge < -0.3 is 5.11 Å². The standard InChI is InChI=1S/C18H8F5N3O2.Cu/c1-7-11(17(27)8-2-4-9(19)5-3-8)18(28)26(25-7)16-14(22)12(20)10(6-24)13(21)15(16)23;/h2-5,28H,1H3;. The summed E-state index contributed by atoms with van der Waals surface area (Å²) in [5.41, 5.74) is -3.71. The van der Waals surface area contributed by atoms with Crippen molar-refractivity contribution in [2.45, 2.75) is 6.92 Å². The molecule has 29 heavy (non-hydrogen) atoms. The van der Waals surface area contributed by atoms with Crippen LogP contribution in [0, 0.1) is 47.3 Å². The van der Waals surface area contributed by atoms with Crippen molar-refractivity contribution in [3.05, 3.63) is 75.7 Å². The molecule has 5 nitrogen and oxygen atoms in total. The summed E-state index contributed by atoms with van der Waals surface area (Å²) in [6.45, 7) is 1.21. The van der Waals surface area contributed by atoms with Gasteiger partial charge >= 0.3 is 0 Å². The van der Waals surface area contributed by atoms with Crippen molar-refractivity contribution >= 4 is 5.78 Å². The first-order valence-corrected chi connectivity index (χ1v) is 7.54. The maximum Gasteiger partial charge on any atom is 0.226 e. The minimum Gasteiger partial charge on any atom is -0.493 e. The van der Waals surface area contributed by atoms with E-state index >= 15 is 0 Å². The average Bonchev–Trinajstić information content (AvgIpc) is 2.95. The van der Waals surface area contributed by atoms with Gasteiger partial charge in [0.1, 0.15) is 28.7 Å². The first-order valence-electron chi connectivity index (χ1n) is 7.54. The molecule has 0 aliphatic heterocycles. The Bertz CT molecular complexity index is 1140. The number of aromatic hydroxyl groups is 1. The number of ketones is 1. The van der Waals surface area contributed by atoms with E-state index in [0.29, 0.717) is 0 Å². The SMILES string of the molecule is Cc1nn(-c2c(F)c(F)c(C#N)c(F)c2F)c(O)c1C(=O)c1ccc(F)cc1.[Cu]. The van der Waals surface area contributed by atoms with Gasteiger partial charge in [-0.05, 0) is 31.2 Å². The minimum atomic E-state index is -1.98. The predicted octanol–water partition coefficient (Wildman–Crippen LogP) is 3.68. The van der Waals surface area contributed by atoms with Gasteiger partial charge in [-0.1, -0.05) is 0 Å². The minimum absolute atomic E-state index is 0. The van der Waals surface area contributed by atoms with Crippen molar-refractivity contribution in [2.24, 2.45) is 0 Å². The molecular weight excluding hydrogens is 449 g/mol. The normalized spacial score (nSPS) is 10.4. The fraction of sp³-hybridized carbons (Fsp3) is 0.0556. The van der Waals surface area contributed by atoms with Crippen LogP contribution in [0.1, 0.15) is 27.2 Å². The third-order valence-electron chi connectivity index (χ3n) is 3.93. The van der Waals surface area contributed by atoms with Crippen LogP contribution in [0.2, 0.25) is 0 Å². The van der Waals surface area contributed by atoms with Gasteiger partial charge in [0.25, 0.3) is 0 Å². The second-order valence-electron chi connectivity index (χ2n) is 5.62. The van der Waals surface area contributed by atoms with E-state index in [-0.39, 0.29) is 33.0 Å². The molecule has 0 saturated heterocycles. The molecule has 153 valence electrons. The number of nitriles is 1. The Kier molecular flexibility index (Phi) is 6.11. The Labute approximate surface area is 170 Å². The first kappa shape index (κ1) is 22.1. The fourth-order valence-corrected chi connectivity index (χ4v) is 2.59. The van der Waals surface area contributed by atoms with E-state index < -0.39 is 57.6 Å². The van der Waals surface area contributed by atoms with Crippen LogP contribution in [0.3, 0.4) is 0 Å². The van der Waals surface area contributed by atoms with Crippen LogP contribution in [0.5, 0.6) is 5.88 Å². The summed E-state index contributed by atoms with van der Waals surface area (Å²) in [5.74, 6) is -10.5. The molecular formula is C18H8CuF5N3O2. The number of halogens is 5. The second kappa shape index (κ2) is 8.03. The smallest absolute Gasteiger partial charge is 0.226 e. The van der Waals surface area contributed by atoms with E-state index in [4.69, 9.17) is 5.26 Å². The number of aryl methyl sites for hydroxylation is 1. The van der Waals surface area contributed by atoms with Crippen LogP contribution in [-0.2, 0) is 17.1 Å². The molecule has 1 aromatic heterocycles. The quantitative estimate of drug-likeness (QED) is 0.282. The van der Waals surface area contributed by atoms with Crippen molar-refractivity contribution in [3.63, 3.8) is 0 Å². The maximum absolute atomic E-state index is 14.2. The van der Waals surface area contributed by atoms with Crippen LogP contribution in [0.25, 0.3) is 5.69 Å². The Morgan fingerprint density at radius 1 is 1.03 bits per heavy atom. The zero-order valence-electron chi connectivity index (χ0n) is 14.2. The summed E-state index contributed by atoms with van der Waals surface area (Å²) in [5, 5.41) is 22.5. The van der Waals surface area contributed by atoms with Crippen molar-refractivity contribution in [3.8, 4) is 17.6 Å². The van der Waals surface area contributed by atoms with E-state index in [1.54, 1.807) is 0 Å². The summed E-state index contributed by atoms with van der Waals surface area (Å²) >= 11 is 0. The molecule has 0 bridgehead atoms. The van der Waals surface area contributed by atoms with Crippen LogP contribution in [0.15, 0.2) is 24.3 Å². The molecule has 0 atom stereocenters. The average molecular weight is 457 g/mol. The van der Waals surface area contributed by atoms with Gasteiger partial charge in [0, 0.05) is 22.6 Å². The van der Waals surface area contributed by atoms with Crippen molar-refractivity contribution in [1.82, 2.24) is 9.78 Å². The van der Waals surface area contributed by atoms with Gasteiger partial charge in [-0.25, -0.2) is 22.0 Å². The molecule has 0 aliphatic rings. The molecule has 1 radical (unpaired) electrons. The number of nitrogens with zero attached hydrogens (tertiary/aromatic N) is 3. The molecule has 0 spiro atoms. The molecule has 2 aromatic carbocycles. The monoisotopic (exact) mass is 456 g/mol. The van der Waals surface area contributed by atoms with Crippen LogP contribution >= 0.6 is 0 Å². The Balaban J connectivity index is 0.00000300. The van der Waals surface area contributed by atoms with E-state index in [1.165, 1.54) is 6.92 Å². The Hall–Kier alpha value is -3.22. The van der Waals surface area contributed by atoms with Crippen molar-refractivity contribution in [1.29, 1.82) is 5.26 Å². The molecule has 0 amide bonds. The number of carbonyl (C=O) groups excluding carboxylic acids is 1. The zero-order chi connectivity index (χ0) is 20.7. The van der Waals surface area contributed by atoms with E-state index in [1.807, 2.05) is 0 Å². The molecule has 0 unspecified atom stereocenters. The third kappa shape index (κ3) is 3.48. The number of hydrogen-bond acceptors (Lipinski definition) is 4. The molecule has 1 heterocycles. The van der Waals surface area contributed by atoms with Gasteiger partial charge in [-0.15, -0.1) is 0 Å². The number of carbonyl (C=O) groups is 1. The Morgan fingerprint density at radius 3 is 2.03 bits per heavy atom. The molecule has 11 heteroatoms. The summed E-state index contributed by atoms with van der Waals surface area (Å²) < 4.78 is 69.3. The fourth-order valence-electron chi connectivity index (χ4n) is 2.59. The van der Waals surface area contributed by atoms with Gasteiger partial charge in [0.15, 0.2) is 29.1 Å². The van der Waals surface area contributed by atoms with E-state index in [2.05, 4.69) is 5.10 Å². The summed E-state index contributed by atoms with van der Waals surface area (Å²) in [6, 6.07) is 5.17. The molecule has 0 saturated carbocycles.